The van der Waals surface area contributed by atoms with Gasteiger partial charge in [-0.25, -0.2) is 0 Å². The van der Waals surface area contributed by atoms with Gasteiger partial charge in [0.25, 0.3) is 0 Å². The van der Waals surface area contributed by atoms with Gasteiger partial charge < -0.3 is 18.9 Å². The Morgan fingerprint density at radius 1 is 0.867 bits per heavy atom. The van der Waals surface area contributed by atoms with Crippen LogP contribution in [0.2, 0.25) is 0 Å². The molecule has 5 nitrogen and oxygen atoms in total. The van der Waals surface area contributed by atoms with E-state index in [1.54, 1.807) is 14.2 Å². The molecule has 0 saturated carbocycles. The van der Waals surface area contributed by atoms with Crippen LogP contribution in [0.25, 0.3) is 0 Å². The number of methoxy groups -OCH3 is 2. The first kappa shape index (κ1) is 14.8. The van der Waals surface area contributed by atoms with E-state index in [2.05, 4.69) is 11.8 Å². The molecule has 5 heteroatoms. The fourth-order valence-corrected chi connectivity index (χ4v) is 1.10. The Kier molecular flexibility index (Phi) is 11.7. The van der Waals surface area contributed by atoms with Gasteiger partial charge in [0.15, 0.2) is 0 Å². The summed E-state index contributed by atoms with van der Waals surface area (Å²) in [6.07, 6.45) is 0. The summed E-state index contributed by atoms with van der Waals surface area (Å²) in [5.74, 6) is 0. The second-order valence-corrected chi connectivity index (χ2v) is 3.06. The molecule has 0 aliphatic rings. The van der Waals surface area contributed by atoms with Crippen LogP contribution in [0.1, 0.15) is 6.92 Å². The molecule has 0 atom stereocenters. The molecule has 0 bridgehead atoms. The third kappa shape index (κ3) is 10.1. The van der Waals surface area contributed by atoms with Crippen molar-refractivity contribution < 1.29 is 18.9 Å². The molecule has 92 valence electrons. The number of nitrogens with zero attached hydrogens (tertiary/aromatic N) is 1. The second-order valence-electron chi connectivity index (χ2n) is 3.06. The van der Waals surface area contributed by atoms with Crippen molar-refractivity contribution in [2.45, 2.75) is 6.92 Å². The molecule has 0 aromatic rings. The highest BCUT2D eigenvalue weighted by molar-refractivity contribution is 4.53. The maximum atomic E-state index is 5.21. The van der Waals surface area contributed by atoms with Crippen LogP contribution in [0.3, 0.4) is 0 Å². The molecule has 0 aromatic heterocycles. The molecule has 0 unspecified atom stereocenters. The van der Waals surface area contributed by atoms with Crippen LogP contribution in [-0.4, -0.2) is 65.6 Å². The maximum absolute atomic E-state index is 5.21. The summed E-state index contributed by atoms with van der Waals surface area (Å²) in [7, 11) is 3.24. The van der Waals surface area contributed by atoms with E-state index in [4.69, 9.17) is 18.9 Å². The van der Waals surface area contributed by atoms with Gasteiger partial charge in [0.2, 0.25) is 0 Å². The number of rotatable bonds is 11. The lowest BCUT2D eigenvalue weighted by Gasteiger charge is -2.19. The van der Waals surface area contributed by atoms with Crippen LogP contribution in [0.5, 0.6) is 0 Å². The quantitative estimate of drug-likeness (QED) is 0.376. The molecule has 0 radical (unpaired) electrons. The van der Waals surface area contributed by atoms with Crippen molar-refractivity contribution in [1.29, 1.82) is 0 Å². The zero-order valence-electron chi connectivity index (χ0n) is 10.0. The normalized spacial score (nSPS) is 11.2. The Hall–Kier alpha value is -0.200. The van der Waals surface area contributed by atoms with Gasteiger partial charge >= 0.3 is 0 Å². The van der Waals surface area contributed by atoms with E-state index >= 15 is 0 Å². The number of likely N-dealkylation sites (N-methyl/N-ethyl adjacent to an activating group) is 1. The summed E-state index contributed by atoms with van der Waals surface area (Å²) in [5.41, 5.74) is 0. The summed E-state index contributed by atoms with van der Waals surface area (Å²) in [5, 5.41) is 0. The molecule has 0 aliphatic heterocycles. The molecular weight excluding hydrogens is 198 g/mol. The van der Waals surface area contributed by atoms with Gasteiger partial charge in [-0.3, -0.25) is 4.90 Å². The first-order valence-electron chi connectivity index (χ1n) is 5.20. The standard InChI is InChI=1S/C10H23NO4/c1-4-11(5-7-14-9-12-2)6-8-15-10-13-3/h4-10H2,1-3H3. The lowest BCUT2D eigenvalue weighted by Crippen LogP contribution is -2.31. The van der Waals surface area contributed by atoms with Crippen LogP contribution in [0.4, 0.5) is 0 Å². The summed E-state index contributed by atoms with van der Waals surface area (Å²) in [6, 6.07) is 0. The topological polar surface area (TPSA) is 40.2 Å². The molecule has 0 aliphatic carbocycles. The van der Waals surface area contributed by atoms with Crippen molar-refractivity contribution in [2.24, 2.45) is 0 Å². The number of hydrogen-bond donors (Lipinski definition) is 0. The first-order chi connectivity index (χ1) is 7.35. The smallest absolute Gasteiger partial charge is 0.146 e. The fraction of sp³-hybridized carbons (Fsp3) is 1.00. The van der Waals surface area contributed by atoms with Crippen molar-refractivity contribution >= 4 is 0 Å². The van der Waals surface area contributed by atoms with Crippen molar-refractivity contribution in [3.8, 4) is 0 Å². The molecule has 0 saturated heterocycles. The lowest BCUT2D eigenvalue weighted by atomic mass is 10.5. The molecule has 0 N–H and O–H groups in total. The third-order valence-corrected chi connectivity index (χ3v) is 1.95. The fourth-order valence-electron chi connectivity index (χ4n) is 1.10. The highest BCUT2D eigenvalue weighted by atomic mass is 16.7. The predicted octanol–water partition coefficient (Wildman–Crippen LogP) is 0.549. The van der Waals surface area contributed by atoms with Gasteiger partial charge in [0.1, 0.15) is 13.6 Å². The van der Waals surface area contributed by atoms with E-state index in [9.17, 15) is 0 Å². The minimum absolute atomic E-state index is 0.359. The van der Waals surface area contributed by atoms with E-state index in [1.165, 1.54) is 0 Å². The Balaban J connectivity index is 3.29. The largest absolute Gasteiger partial charge is 0.359 e. The van der Waals surface area contributed by atoms with E-state index in [0.29, 0.717) is 26.8 Å². The number of hydrogen-bond acceptors (Lipinski definition) is 5. The van der Waals surface area contributed by atoms with Crippen LogP contribution in [0, 0.1) is 0 Å². The van der Waals surface area contributed by atoms with E-state index < -0.39 is 0 Å². The highest BCUT2D eigenvalue weighted by Crippen LogP contribution is 1.89. The van der Waals surface area contributed by atoms with Gasteiger partial charge in [-0.2, -0.15) is 0 Å². The third-order valence-electron chi connectivity index (χ3n) is 1.95. The average molecular weight is 221 g/mol. The van der Waals surface area contributed by atoms with Crippen LogP contribution in [0.15, 0.2) is 0 Å². The van der Waals surface area contributed by atoms with Gasteiger partial charge in [-0.15, -0.1) is 0 Å². The van der Waals surface area contributed by atoms with Crippen molar-refractivity contribution in [3.63, 3.8) is 0 Å². The Bertz CT molecular complexity index is 112. The predicted molar refractivity (Wildman–Crippen MR) is 57.8 cm³/mol. The molecule has 15 heavy (non-hydrogen) atoms. The molecular formula is C10H23NO4. The monoisotopic (exact) mass is 221 g/mol. The summed E-state index contributed by atoms with van der Waals surface area (Å²) >= 11 is 0. The summed E-state index contributed by atoms with van der Waals surface area (Å²) in [4.78, 5) is 2.26. The SMILES string of the molecule is CCN(CCOCOC)CCOCOC. The molecule has 0 rings (SSSR count). The molecule has 0 heterocycles. The second kappa shape index (κ2) is 11.9. The van der Waals surface area contributed by atoms with Crippen molar-refractivity contribution in [1.82, 2.24) is 4.90 Å². The lowest BCUT2D eigenvalue weighted by molar-refractivity contribution is -0.0481. The Labute approximate surface area is 92.2 Å². The van der Waals surface area contributed by atoms with Crippen LogP contribution >= 0.6 is 0 Å². The zero-order chi connectivity index (χ0) is 11.4. The van der Waals surface area contributed by atoms with Gasteiger partial charge in [0, 0.05) is 27.3 Å². The average Bonchev–Trinajstić information content (AvgIpc) is 2.27. The van der Waals surface area contributed by atoms with Crippen molar-refractivity contribution in [3.05, 3.63) is 0 Å². The minimum atomic E-state index is 0.359. The highest BCUT2D eigenvalue weighted by Gasteiger charge is 2.01. The van der Waals surface area contributed by atoms with Crippen LogP contribution in [-0.2, 0) is 18.9 Å². The zero-order valence-corrected chi connectivity index (χ0v) is 10.0. The summed E-state index contributed by atoms with van der Waals surface area (Å²) in [6.45, 7) is 7.00. The Morgan fingerprint density at radius 2 is 1.33 bits per heavy atom. The minimum Gasteiger partial charge on any atom is -0.359 e. The van der Waals surface area contributed by atoms with E-state index in [0.717, 1.165) is 19.6 Å². The summed E-state index contributed by atoms with van der Waals surface area (Å²) < 4.78 is 20.0. The van der Waals surface area contributed by atoms with E-state index in [1.807, 2.05) is 0 Å². The Morgan fingerprint density at radius 3 is 1.67 bits per heavy atom. The molecule has 0 aromatic carbocycles. The van der Waals surface area contributed by atoms with Crippen LogP contribution < -0.4 is 0 Å². The van der Waals surface area contributed by atoms with Gasteiger partial charge in [0.05, 0.1) is 13.2 Å². The maximum Gasteiger partial charge on any atom is 0.146 e. The van der Waals surface area contributed by atoms with Gasteiger partial charge in [-0.1, -0.05) is 6.92 Å². The van der Waals surface area contributed by atoms with Gasteiger partial charge in [-0.05, 0) is 6.54 Å². The van der Waals surface area contributed by atoms with Crippen molar-refractivity contribution in [2.75, 3.05) is 60.7 Å². The number of ether oxygens (including phenoxy) is 4. The first-order valence-corrected chi connectivity index (χ1v) is 5.20. The molecule has 0 fully saturated rings. The molecule has 0 spiro atoms. The van der Waals surface area contributed by atoms with E-state index in [-0.39, 0.29) is 0 Å². The molecule has 0 amide bonds.